The minimum absolute atomic E-state index is 0.0962. The first-order valence-corrected chi connectivity index (χ1v) is 10.5. The highest BCUT2D eigenvalue weighted by Crippen LogP contribution is 2.32. The summed E-state index contributed by atoms with van der Waals surface area (Å²) in [5, 5.41) is 5.69. The van der Waals surface area contributed by atoms with Gasteiger partial charge in [0.05, 0.1) is 24.8 Å². The van der Waals surface area contributed by atoms with E-state index in [1.54, 1.807) is 7.05 Å². The zero-order valence-electron chi connectivity index (χ0n) is 18.1. The normalized spacial score (nSPS) is 16.4. The molecule has 1 aliphatic heterocycles. The highest BCUT2D eigenvalue weighted by molar-refractivity contribution is 5.86. The lowest BCUT2D eigenvalue weighted by Gasteiger charge is -2.35. The Labute approximate surface area is 178 Å². The third-order valence-corrected chi connectivity index (χ3v) is 5.24. The molecule has 0 saturated heterocycles. The van der Waals surface area contributed by atoms with Crippen LogP contribution in [-0.2, 0) is 16.0 Å². The second-order valence-electron chi connectivity index (χ2n) is 8.20. The average molecular weight is 410 g/mol. The van der Waals surface area contributed by atoms with Crippen molar-refractivity contribution in [2.45, 2.75) is 39.3 Å². The van der Waals surface area contributed by atoms with Crippen molar-refractivity contribution in [2.75, 3.05) is 25.0 Å². The minimum atomic E-state index is -0.649. The Balaban J connectivity index is 1.65. The summed E-state index contributed by atoms with van der Waals surface area (Å²) >= 11 is 0. The molecule has 0 fully saturated rings. The van der Waals surface area contributed by atoms with Gasteiger partial charge in [-0.1, -0.05) is 50.2 Å². The fraction of sp³-hybridized carbons (Fsp3) is 0.417. The summed E-state index contributed by atoms with van der Waals surface area (Å²) < 4.78 is 5.80. The van der Waals surface area contributed by atoms with Crippen molar-refractivity contribution < 1.29 is 14.3 Å². The van der Waals surface area contributed by atoms with E-state index in [9.17, 15) is 9.59 Å². The van der Waals surface area contributed by atoms with Gasteiger partial charge in [-0.2, -0.15) is 0 Å². The van der Waals surface area contributed by atoms with E-state index in [1.807, 2.05) is 36.1 Å². The molecule has 2 aromatic carbocycles. The lowest BCUT2D eigenvalue weighted by atomic mass is 10.00. The Hall–Kier alpha value is -3.02. The summed E-state index contributed by atoms with van der Waals surface area (Å²) in [6.07, 6.45) is 0.396. The molecule has 0 spiro atoms. The number of rotatable bonds is 7. The third kappa shape index (κ3) is 5.32. The molecule has 2 atom stereocenters. The van der Waals surface area contributed by atoms with Crippen LogP contribution in [0.25, 0.3) is 0 Å². The number of benzene rings is 2. The number of fused-ring (bicyclic) bond motifs is 1. The molecule has 1 aliphatic rings. The monoisotopic (exact) mass is 409 g/mol. The quantitative estimate of drug-likeness (QED) is 0.737. The van der Waals surface area contributed by atoms with Crippen LogP contribution in [0.15, 0.2) is 48.5 Å². The Kier molecular flexibility index (Phi) is 6.98. The minimum Gasteiger partial charge on any atom is -0.477 e. The van der Waals surface area contributed by atoms with Crippen LogP contribution in [0.2, 0.25) is 0 Å². The summed E-state index contributed by atoms with van der Waals surface area (Å²) in [7, 11) is 1.58. The number of amides is 2. The molecule has 0 saturated carbocycles. The molecule has 2 amide bonds. The third-order valence-electron chi connectivity index (χ3n) is 5.24. The van der Waals surface area contributed by atoms with Crippen LogP contribution in [0, 0.1) is 5.92 Å². The van der Waals surface area contributed by atoms with E-state index in [0.29, 0.717) is 18.2 Å². The molecule has 6 nitrogen and oxygen atoms in total. The Bertz CT molecular complexity index is 880. The largest absolute Gasteiger partial charge is 0.477 e. The van der Waals surface area contributed by atoms with Gasteiger partial charge in [0.15, 0.2) is 6.10 Å². The van der Waals surface area contributed by atoms with Crippen LogP contribution >= 0.6 is 0 Å². The maximum absolute atomic E-state index is 12.8. The van der Waals surface area contributed by atoms with Crippen LogP contribution in [0.4, 0.5) is 5.69 Å². The number of carbonyl (C=O) groups is 2. The van der Waals surface area contributed by atoms with Crippen LogP contribution < -0.4 is 20.3 Å². The maximum Gasteiger partial charge on any atom is 0.262 e. The van der Waals surface area contributed by atoms with Gasteiger partial charge in [-0.25, -0.2) is 0 Å². The highest BCUT2D eigenvalue weighted by Gasteiger charge is 2.31. The van der Waals surface area contributed by atoms with E-state index >= 15 is 0 Å². The molecule has 2 N–H and O–H groups in total. The lowest BCUT2D eigenvalue weighted by Crippen LogP contribution is -2.50. The Morgan fingerprint density at radius 1 is 1.10 bits per heavy atom. The molecule has 3 rings (SSSR count). The molecule has 0 radical (unpaired) electrons. The fourth-order valence-electron chi connectivity index (χ4n) is 3.71. The number of nitrogens with zero attached hydrogens (tertiary/aromatic N) is 1. The van der Waals surface area contributed by atoms with Gasteiger partial charge in [0.1, 0.15) is 5.75 Å². The van der Waals surface area contributed by atoms with Gasteiger partial charge < -0.3 is 20.3 Å². The maximum atomic E-state index is 12.8. The number of carbonyl (C=O) groups excluding carboxylic acids is 2. The van der Waals surface area contributed by atoms with Gasteiger partial charge in [-0.05, 0) is 42.5 Å². The van der Waals surface area contributed by atoms with Crippen LogP contribution in [0.3, 0.4) is 0 Å². The summed E-state index contributed by atoms with van der Waals surface area (Å²) in [6.45, 7) is 6.87. The van der Waals surface area contributed by atoms with E-state index in [0.717, 1.165) is 17.7 Å². The molecule has 0 bridgehead atoms. The predicted molar refractivity (Wildman–Crippen MR) is 119 cm³/mol. The van der Waals surface area contributed by atoms with E-state index in [-0.39, 0.29) is 24.4 Å². The molecule has 1 heterocycles. The van der Waals surface area contributed by atoms with Crippen LogP contribution in [0.1, 0.15) is 37.9 Å². The Morgan fingerprint density at radius 2 is 1.80 bits per heavy atom. The number of hydrogen-bond donors (Lipinski definition) is 2. The molecular weight excluding hydrogens is 378 g/mol. The SMILES string of the molecule is CNC(=O)[C@H]1CN(CC(=O)N[C@H](C)c2ccc(CC(C)C)cc2)c2ccccc2O1. The smallest absolute Gasteiger partial charge is 0.262 e. The first kappa shape index (κ1) is 21.7. The standard InChI is InChI=1S/C24H31N3O3/c1-16(2)13-18-9-11-19(12-10-18)17(3)26-23(28)15-27-14-22(24(29)25-4)30-21-8-6-5-7-20(21)27/h5-12,16-17,22H,13-15H2,1-4H3,(H,25,29)(H,26,28)/t17-,22-/m1/s1. The fourth-order valence-corrected chi connectivity index (χ4v) is 3.71. The van der Waals surface area contributed by atoms with Gasteiger partial charge in [0.2, 0.25) is 5.91 Å². The van der Waals surface area contributed by atoms with Crippen LogP contribution in [-0.4, -0.2) is 38.1 Å². The highest BCUT2D eigenvalue weighted by atomic mass is 16.5. The molecule has 6 heteroatoms. The summed E-state index contributed by atoms with van der Waals surface area (Å²) in [5.41, 5.74) is 3.19. The molecule has 2 aromatic rings. The number of hydrogen-bond acceptors (Lipinski definition) is 4. The van der Waals surface area contributed by atoms with Crippen molar-refractivity contribution in [3.63, 3.8) is 0 Å². The number of anilines is 1. The zero-order chi connectivity index (χ0) is 21.7. The molecule has 0 aromatic heterocycles. The first-order valence-electron chi connectivity index (χ1n) is 10.5. The van der Waals surface area contributed by atoms with Crippen molar-refractivity contribution in [2.24, 2.45) is 5.92 Å². The van der Waals surface area contributed by atoms with E-state index in [1.165, 1.54) is 5.56 Å². The van der Waals surface area contributed by atoms with Crippen LogP contribution in [0.5, 0.6) is 5.75 Å². The van der Waals surface area contributed by atoms with Gasteiger partial charge in [-0.15, -0.1) is 0 Å². The van der Waals surface area contributed by atoms with Crippen molar-refractivity contribution in [1.82, 2.24) is 10.6 Å². The molecule has 160 valence electrons. The summed E-state index contributed by atoms with van der Waals surface area (Å²) in [6, 6.07) is 15.8. The topological polar surface area (TPSA) is 70.7 Å². The molecular formula is C24H31N3O3. The van der Waals surface area contributed by atoms with Gasteiger partial charge in [-0.3, -0.25) is 9.59 Å². The van der Waals surface area contributed by atoms with Gasteiger partial charge in [0.25, 0.3) is 5.91 Å². The molecule has 0 aliphatic carbocycles. The zero-order valence-corrected chi connectivity index (χ0v) is 18.1. The van der Waals surface area contributed by atoms with Gasteiger partial charge >= 0.3 is 0 Å². The number of nitrogens with one attached hydrogen (secondary N) is 2. The van der Waals surface area contributed by atoms with Crippen molar-refractivity contribution in [3.8, 4) is 5.75 Å². The number of para-hydroxylation sites is 2. The number of likely N-dealkylation sites (N-methyl/N-ethyl adjacent to an activating group) is 1. The molecule has 30 heavy (non-hydrogen) atoms. The van der Waals surface area contributed by atoms with Gasteiger partial charge in [0, 0.05) is 7.05 Å². The number of ether oxygens (including phenoxy) is 1. The second-order valence-corrected chi connectivity index (χ2v) is 8.20. The average Bonchev–Trinajstić information content (AvgIpc) is 2.73. The summed E-state index contributed by atoms with van der Waals surface area (Å²) in [5.74, 6) is 0.924. The lowest BCUT2D eigenvalue weighted by molar-refractivity contribution is -0.127. The first-order chi connectivity index (χ1) is 14.4. The predicted octanol–water partition coefficient (Wildman–Crippen LogP) is 3.08. The molecule has 0 unspecified atom stereocenters. The van der Waals surface area contributed by atoms with E-state index in [4.69, 9.17) is 4.74 Å². The van der Waals surface area contributed by atoms with Crippen molar-refractivity contribution >= 4 is 17.5 Å². The van der Waals surface area contributed by atoms with Crippen molar-refractivity contribution in [1.29, 1.82) is 0 Å². The summed E-state index contributed by atoms with van der Waals surface area (Å²) in [4.78, 5) is 26.8. The van der Waals surface area contributed by atoms with Crippen molar-refractivity contribution in [3.05, 3.63) is 59.7 Å². The van der Waals surface area contributed by atoms with E-state index in [2.05, 4.69) is 48.7 Å². The van der Waals surface area contributed by atoms with E-state index < -0.39 is 6.10 Å². The second kappa shape index (κ2) is 9.65. The Morgan fingerprint density at radius 3 is 2.47 bits per heavy atom.